The fraction of sp³-hybridized carbons (Fsp3) is 0.688. The standard InChI is InChI=1S/C16H25N5O/c1-12-19-14(13-5-6-17-10-13)9-15(20-12)18-11-16(22)21-7-3-2-4-8-21/h9,13,17H,2-8,10-11H2,1H3,(H,18,19,20). The molecule has 2 saturated heterocycles. The van der Waals surface area contributed by atoms with Crippen molar-refractivity contribution in [1.82, 2.24) is 20.2 Å². The van der Waals surface area contributed by atoms with Gasteiger partial charge in [-0.15, -0.1) is 0 Å². The number of aromatic nitrogens is 2. The first-order valence-electron chi connectivity index (χ1n) is 8.30. The Hall–Kier alpha value is -1.69. The first-order chi connectivity index (χ1) is 10.7. The molecule has 120 valence electrons. The van der Waals surface area contributed by atoms with Crippen LogP contribution in [0.4, 0.5) is 5.82 Å². The van der Waals surface area contributed by atoms with Crippen LogP contribution in [0, 0.1) is 6.92 Å². The molecule has 6 heteroatoms. The molecule has 1 aromatic heterocycles. The summed E-state index contributed by atoms with van der Waals surface area (Å²) in [4.78, 5) is 23.1. The number of nitrogens with one attached hydrogen (secondary N) is 2. The van der Waals surface area contributed by atoms with Gasteiger partial charge in [-0.1, -0.05) is 0 Å². The van der Waals surface area contributed by atoms with Gasteiger partial charge in [0, 0.05) is 31.6 Å². The van der Waals surface area contributed by atoms with E-state index < -0.39 is 0 Å². The minimum atomic E-state index is 0.167. The van der Waals surface area contributed by atoms with E-state index in [9.17, 15) is 4.79 Å². The summed E-state index contributed by atoms with van der Waals surface area (Å²) in [6.07, 6.45) is 4.60. The van der Waals surface area contributed by atoms with E-state index in [0.29, 0.717) is 12.5 Å². The summed E-state index contributed by atoms with van der Waals surface area (Å²) in [5, 5.41) is 6.55. The fourth-order valence-electron chi connectivity index (χ4n) is 3.22. The number of nitrogens with zero attached hydrogens (tertiary/aromatic N) is 3. The van der Waals surface area contributed by atoms with Crippen molar-refractivity contribution in [3.63, 3.8) is 0 Å². The summed E-state index contributed by atoms with van der Waals surface area (Å²) in [7, 11) is 0. The molecule has 0 aliphatic carbocycles. The molecule has 2 aliphatic rings. The molecule has 1 atom stereocenters. The number of likely N-dealkylation sites (tertiary alicyclic amines) is 1. The van der Waals surface area contributed by atoms with Gasteiger partial charge in [-0.25, -0.2) is 9.97 Å². The normalized spacial score (nSPS) is 21.9. The van der Waals surface area contributed by atoms with Gasteiger partial charge in [0.2, 0.25) is 5.91 Å². The third kappa shape index (κ3) is 3.74. The molecule has 2 N–H and O–H groups in total. The molecule has 0 saturated carbocycles. The van der Waals surface area contributed by atoms with Gasteiger partial charge in [-0.05, 0) is 39.2 Å². The van der Waals surface area contributed by atoms with Gasteiger partial charge in [0.05, 0.1) is 12.2 Å². The van der Waals surface area contributed by atoms with Crippen molar-refractivity contribution in [2.45, 2.75) is 38.5 Å². The highest BCUT2D eigenvalue weighted by Gasteiger charge is 2.20. The highest BCUT2D eigenvalue weighted by atomic mass is 16.2. The summed E-state index contributed by atoms with van der Waals surface area (Å²) in [6, 6.07) is 1.99. The van der Waals surface area contributed by atoms with Crippen molar-refractivity contribution in [3.05, 3.63) is 17.6 Å². The number of carbonyl (C=O) groups is 1. The lowest BCUT2D eigenvalue weighted by atomic mass is 10.0. The van der Waals surface area contributed by atoms with Crippen molar-refractivity contribution >= 4 is 11.7 Å². The number of amides is 1. The molecule has 0 radical (unpaired) electrons. The van der Waals surface area contributed by atoms with Crippen LogP contribution in [-0.4, -0.2) is 53.5 Å². The molecule has 2 aliphatic heterocycles. The Balaban J connectivity index is 1.60. The van der Waals surface area contributed by atoms with Crippen molar-refractivity contribution in [1.29, 1.82) is 0 Å². The number of aryl methyl sites for hydroxylation is 1. The van der Waals surface area contributed by atoms with Crippen LogP contribution < -0.4 is 10.6 Å². The third-order valence-electron chi connectivity index (χ3n) is 4.47. The summed E-state index contributed by atoms with van der Waals surface area (Å²) in [5.74, 6) is 2.15. The fourth-order valence-corrected chi connectivity index (χ4v) is 3.22. The van der Waals surface area contributed by atoms with Gasteiger partial charge < -0.3 is 15.5 Å². The Kier molecular flexibility index (Phi) is 4.87. The van der Waals surface area contributed by atoms with Crippen molar-refractivity contribution in [2.75, 3.05) is 38.0 Å². The van der Waals surface area contributed by atoms with Crippen LogP contribution >= 0.6 is 0 Å². The Morgan fingerprint density at radius 3 is 2.91 bits per heavy atom. The molecule has 0 aromatic carbocycles. The van der Waals surface area contributed by atoms with Gasteiger partial charge in [0.1, 0.15) is 11.6 Å². The van der Waals surface area contributed by atoms with Gasteiger partial charge in [0.25, 0.3) is 0 Å². The van der Waals surface area contributed by atoms with Gasteiger partial charge in [-0.3, -0.25) is 4.79 Å². The van der Waals surface area contributed by atoms with Gasteiger partial charge in [0.15, 0.2) is 0 Å². The first kappa shape index (κ1) is 15.2. The van der Waals surface area contributed by atoms with E-state index >= 15 is 0 Å². The molecule has 1 amide bonds. The molecule has 0 spiro atoms. The number of hydrogen-bond acceptors (Lipinski definition) is 5. The van der Waals surface area contributed by atoms with Crippen molar-refractivity contribution in [3.8, 4) is 0 Å². The van der Waals surface area contributed by atoms with Crippen LogP contribution in [0.2, 0.25) is 0 Å². The second-order valence-electron chi connectivity index (χ2n) is 6.21. The summed E-state index contributed by atoms with van der Waals surface area (Å²) >= 11 is 0. The van der Waals surface area contributed by atoms with E-state index in [1.54, 1.807) is 0 Å². The van der Waals surface area contributed by atoms with Crippen LogP contribution in [-0.2, 0) is 4.79 Å². The zero-order valence-corrected chi connectivity index (χ0v) is 13.3. The van der Waals surface area contributed by atoms with Crippen LogP contribution in [0.5, 0.6) is 0 Å². The number of rotatable bonds is 4. The lowest BCUT2D eigenvalue weighted by Crippen LogP contribution is -2.39. The van der Waals surface area contributed by atoms with Crippen molar-refractivity contribution in [2.24, 2.45) is 0 Å². The molecule has 3 rings (SSSR count). The van der Waals surface area contributed by atoms with E-state index in [0.717, 1.165) is 62.8 Å². The summed E-state index contributed by atoms with van der Waals surface area (Å²) in [5.41, 5.74) is 1.07. The van der Waals surface area contributed by atoms with E-state index in [4.69, 9.17) is 0 Å². The molecule has 0 bridgehead atoms. The van der Waals surface area contributed by atoms with E-state index in [-0.39, 0.29) is 5.91 Å². The second kappa shape index (κ2) is 7.05. The Labute approximate surface area is 131 Å². The van der Waals surface area contributed by atoms with Crippen LogP contribution in [0.1, 0.15) is 43.1 Å². The van der Waals surface area contributed by atoms with E-state index in [1.165, 1.54) is 6.42 Å². The maximum Gasteiger partial charge on any atom is 0.241 e. The van der Waals surface area contributed by atoms with E-state index in [2.05, 4.69) is 20.6 Å². The lowest BCUT2D eigenvalue weighted by Gasteiger charge is -2.26. The number of carbonyl (C=O) groups excluding carboxylic acids is 1. The zero-order chi connectivity index (χ0) is 15.4. The Bertz CT molecular complexity index is 521. The minimum Gasteiger partial charge on any atom is -0.361 e. The average Bonchev–Trinajstić information content (AvgIpc) is 3.07. The molecular weight excluding hydrogens is 278 g/mol. The Morgan fingerprint density at radius 1 is 1.36 bits per heavy atom. The molecule has 1 unspecified atom stereocenters. The van der Waals surface area contributed by atoms with Gasteiger partial charge in [-0.2, -0.15) is 0 Å². The Morgan fingerprint density at radius 2 is 2.18 bits per heavy atom. The monoisotopic (exact) mass is 303 g/mol. The molecule has 2 fully saturated rings. The smallest absolute Gasteiger partial charge is 0.241 e. The highest BCUT2D eigenvalue weighted by molar-refractivity contribution is 5.80. The zero-order valence-electron chi connectivity index (χ0n) is 13.3. The minimum absolute atomic E-state index is 0.167. The summed E-state index contributed by atoms with van der Waals surface area (Å²) in [6.45, 7) is 6.03. The third-order valence-corrected chi connectivity index (χ3v) is 4.47. The largest absolute Gasteiger partial charge is 0.361 e. The van der Waals surface area contributed by atoms with E-state index in [1.807, 2.05) is 17.9 Å². The maximum atomic E-state index is 12.2. The molecule has 3 heterocycles. The highest BCUT2D eigenvalue weighted by Crippen LogP contribution is 2.22. The second-order valence-corrected chi connectivity index (χ2v) is 6.21. The van der Waals surface area contributed by atoms with Crippen molar-refractivity contribution < 1.29 is 4.79 Å². The molecular formula is C16H25N5O. The molecule has 1 aromatic rings. The maximum absolute atomic E-state index is 12.2. The molecule has 22 heavy (non-hydrogen) atoms. The van der Waals surface area contributed by atoms with Crippen LogP contribution in [0.15, 0.2) is 6.07 Å². The topological polar surface area (TPSA) is 70.2 Å². The van der Waals surface area contributed by atoms with Gasteiger partial charge >= 0.3 is 0 Å². The van der Waals surface area contributed by atoms with Crippen LogP contribution in [0.3, 0.4) is 0 Å². The quantitative estimate of drug-likeness (QED) is 0.877. The predicted molar refractivity (Wildman–Crippen MR) is 85.9 cm³/mol. The average molecular weight is 303 g/mol. The first-order valence-corrected chi connectivity index (χ1v) is 8.30. The summed E-state index contributed by atoms with van der Waals surface area (Å²) < 4.78 is 0. The number of hydrogen-bond donors (Lipinski definition) is 2. The SMILES string of the molecule is Cc1nc(NCC(=O)N2CCCCC2)cc(C2CCNC2)n1. The molecule has 6 nitrogen and oxygen atoms in total. The number of anilines is 1. The number of piperidine rings is 1. The lowest BCUT2D eigenvalue weighted by molar-refractivity contribution is -0.130. The predicted octanol–water partition coefficient (Wildman–Crippen LogP) is 1.29. The van der Waals surface area contributed by atoms with Crippen LogP contribution in [0.25, 0.3) is 0 Å².